The summed E-state index contributed by atoms with van der Waals surface area (Å²) in [4.78, 5) is 22.2. The smallest absolute Gasteiger partial charge is 0.152 e. The van der Waals surface area contributed by atoms with Gasteiger partial charge >= 0.3 is 0 Å². The van der Waals surface area contributed by atoms with Gasteiger partial charge in [-0.3, -0.25) is 9.59 Å². The number of hydrogen-bond acceptors (Lipinski definition) is 3. The highest BCUT2D eigenvalue weighted by molar-refractivity contribution is 7.81. The van der Waals surface area contributed by atoms with Crippen molar-refractivity contribution in [3.63, 3.8) is 0 Å². The number of carbonyl (C=O) groups is 2. The van der Waals surface area contributed by atoms with E-state index >= 15 is 0 Å². The Balaban J connectivity index is 2.54. The van der Waals surface area contributed by atoms with Crippen LogP contribution < -0.4 is 0 Å². The Hall–Kier alpha value is -0.310. The van der Waals surface area contributed by atoms with Crippen LogP contribution in [0, 0.1) is 5.92 Å². The van der Waals surface area contributed by atoms with Crippen molar-refractivity contribution < 1.29 is 9.59 Å². The second kappa shape index (κ2) is 3.90. The Bertz CT molecular complexity index is 169. The van der Waals surface area contributed by atoms with Crippen LogP contribution in [-0.2, 0) is 9.59 Å². The predicted molar refractivity (Wildman–Crippen MR) is 45.8 cm³/mol. The van der Waals surface area contributed by atoms with E-state index in [0.717, 1.165) is 19.3 Å². The van der Waals surface area contributed by atoms with E-state index in [1.807, 2.05) is 0 Å². The van der Waals surface area contributed by atoms with Crippen molar-refractivity contribution in [1.29, 1.82) is 0 Å². The van der Waals surface area contributed by atoms with Crippen molar-refractivity contribution in [2.45, 2.75) is 25.7 Å². The molecule has 1 atom stereocenters. The molecule has 62 valence electrons. The van der Waals surface area contributed by atoms with E-state index in [1.165, 1.54) is 0 Å². The summed E-state index contributed by atoms with van der Waals surface area (Å²) in [5, 5.41) is 0. The monoisotopic (exact) mass is 172 g/mol. The molecular weight excluding hydrogens is 160 g/mol. The molecule has 3 heteroatoms. The summed E-state index contributed by atoms with van der Waals surface area (Å²) >= 11 is 3.86. The minimum Gasteiger partial charge on any atom is -0.299 e. The fourth-order valence-electron chi connectivity index (χ4n) is 1.43. The third-order valence-electron chi connectivity index (χ3n) is 2.10. The first kappa shape index (κ1) is 8.78. The highest BCUT2D eigenvalue weighted by Crippen LogP contribution is 2.21. The third kappa shape index (κ3) is 2.06. The lowest BCUT2D eigenvalue weighted by Crippen LogP contribution is -2.27. The molecule has 0 amide bonds. The van der Waals surface area contributed by atoms with Crippen LogP contribution in [0.15, 0.2) is 0 Å². The zero-order chi connectivity index (χ0) is 8.27. The first-order chi connectivity index (χ1) is 5.25. The van der Waals surface area contributed by atoms with Gasteiger partial charge in [-0.05, 0) is 12.8 Å². The molecule has 1 aliphatic rings. The summed E-state index contributed by atoms with van der Waals surface area (Å²) in [5.41, 5.74) is 0. The molecule has 1 saturated carbocycles. The molecule has 1 rings (SSSR count). The van der Waals surface area contributed by atoms with Crippen LogP contribution in [0.2, 0.25) is 0 Å². The second-order valence-electron chi connectivity index (χ2n) is 2.89. The maximum absolute atomic E-state index is 11.1. The van der Waals surface area contributed by atoms with Gasteiger partial charge < -0.3 is 0 Å². The van der Waals surface area contributed by atoms with Crippen molar-refractivity contribution in [2.75, 3.05) is 5.75 Å². The first-order valence-electron chi connectivity index (χ1n) is 3.92. The number of carbonyl (C=O) groups excluding carboxylic acids is 2. The molecule has 0 aromatic rings. The predicted octanol–water partition coefficient (Wildman–Crippen LogP) is 1.24. The van der Waals surface area contributed by atoms with Gasteiger partial charge in [-0.15, -0.1) is 0 Å². The van der Waals surface area contributed by atoms with Crippen molar-refractivity contribution in [2.24, 2.45) is 5.92 Å². The lowest BCUT2D eigenvalue weighted by atomic mass is 9.85. The maximum Gasteiger partial charge on any atom is 0.152 e. The Kier molecular flexibility index (Phi) is 3.12. The summed E-state index contributed by atoms with van der Waals surface area (Å²) in [6, 6.07) is 0. The maximum atomic E-state index is 11.1. The SMILES string of the molecule is O=C(CS)C1CCCCC1=O. The van der Waals surface area contributed by atoms with E-state index in [1.54, 1.807) is 0 Å². The van der Waals surface area contributed by atoms with Crippen LogP contribution in [0.4, 0.5) is 0 Å². The van der Waals surface area contributed by atoms with Crippen molar-refractivity contribution in [3.05, 3.63) is 0 Å². The van der Waals surface area contributed by atoms with Crippen molar-refractivity contribution >= 4 is 24.2 Å². The lowest BCUT2D eigenvalue weighted by Gasteiger charge is -2.17. The van der Waals surface area contributed by atoms with Crippen molar-refractivity contribution in [1.82, 2.24) is 0 Å². The quantitative estimate of drug-likeness (QED) is 0.502. The highest BCUT2D eigenvalue weighted by atomic mass is 32.1. The molecule has 0 aromatic carbocycles. The molecule has 11 heavy (non-hydrogen) atoms. The number of hydrogen-bond donors (Lipinski definition) is 1. The largest absolute Gasteiger partial charge is 0.299 e. The van der Waals surface area contributed by atoms with Gasteiger partial charge in [-0.1, -0.05) is 6.42 Å². The first-order valence-corrected chi connectivity index (χ1v) is 4.55. The standard InChI is InChI=1S/C8H12O2S/c9-7-4-2-1-3-6(7)8(10)5-11/h6,11H,1-5H2. The van der Waals surface area contributed by atoms with E-state index < -0.39 is 0 Å². The van der Waals surface area contributed by atoms with E-state index in [2.05, 4.69) is 12.6 Å². The molecule has 0 spiro atoms. The number of Topliss-reactive ketones (excluding diaryl/α,β-unsaturated/α-hetero) is 2. The van der Waals surface area contributed by atoms with Gasteiger partial charge in [0.05, 0.1) is 5.92 Å². The molecule has 0 bridgehead atoms. The molecule has 0 heterocycles. The number of thiol groups is 1. The molecule has 1 unspecified atom stereocenters. The Morgan fingerprint density at radius 3 is 2.82 bits per heavy atom. The highest BCUT2D eigenvalue weighted by Gasteiger charge is 2.27. The molecule has 0 radical (unpaired) electrons. The molecule has 0 aromatic heterocycles. The summed E-state index contributed by atoms with van der Waals surface area (Å²) < 4.78 is 0. The normalized spacial score (nSPS) is 25.2. The van der Waals surface area contributed by atoms with Gasteiger partial charge in [-0.25, -0.2) is 0 Å². The number of rotatable bonds is 2. The number of ketones is 2. The van der Waals surface area contributed by atoms with E-state index in [4.69, 9.17) is 0 Å². The summed E-state index contributed by atoms with van der Waals surface area (Å²) in [7, 11) is 0. The van der Waals surface area contributed by atoms with E-state index in [0.29, 0.717) is 6.42 Å². The Morgan fingerprint density at radius 2 is 2.27 bits per heavy atom. The molecule has 1 aliphatic carbocycles. The average molecular weight is 172 g/mol. The van der Waals surface area contributed by atoms with Gasteiger partial charge in [0, 0.05) is 12.2 Å². The van der Waals surface area contributed by atoms with Crippen molar-refractivity contribution in [3.8, 4) is 0 Å². The second-order valence-corrected chi connectivity index (χ2v) is 3.21. The molecular formula is C8H12O2S. The summed E-state index contributed by atoms with van der Waals surface area (Å²) in [6.07, 6.45) is 3.30. The molecule has 0 saturated heterocycles. The molecule has 1 fully saturated rings. The Labute approximate surface area is 71.8 Å². The van der Waals surface area contributed by atoms with Crippen LogP contribution in [0.3, 0.4) is 0 Å². The van der Waals surface area contributed by atoms with E-state index in [9.17, 15) is 9.59 Å². The van der Waals surface area contributed by atoms with E-state index in [-0.39, 0.29) is 23.2 Å². The molecule has 2 nitrogen and oxygen atoms in total. The lowest BCUT2D eigenvalue weighted by molar-refractivity contribution is -0.132. The minimum atomic E-state index is -0.318. The van der Waals surface area contributed by atoms with Gasteiger partial charge in [0.2, 0.25) is 0 Å². The van der Waals surface area contributed by atoms with Crippen LogP contribution in [0.5, 0.6) is 0 Å². The summed E-state index contributed by atoms with van der Waals surface area (Å²) in [6.45, 7) is 0. The molecule has 0 aliphatic heterocycles. The topological polar surface area (TPSA) is 34.1 Å². The van der Waals surface area contributed by atoms with Crippen LogP contribution in [0.1, 0.15) is 25.7 Å². The Morgan fingerprint density at radius 1 is 1.55 bits per heavy atom. The zero-order valence-electron chi connectivity index (χ0n) is 6.38. The van der Waals surface area contributed by atoms with Gasteiger partial charge in [0.15, 0.2) is 5.78 Å². The van der Waals surface area contributed by atoms with Crippen LogP contribution >= 0.6 is 12.6 Å². The fourth-order valence-corrected chi connectivity index (χ4v) is 1.65. The van der Waals surface area contributed by atoms with Gasteiger partial charge in [-0.2, -0.15) is 12.6 Å². The minimum absolute atomic E-state index is 0.00182. The summed E-state index contributed by atoms with van der Waals surface area (Å²) in [5.74, 6) is 0.00531. The van der Waals surface area contributed by atoms with Crippen LogP contribution in [-0.4, -0.2) is 17.3 Å². The average Bonchev–Trinajstić information content (AvgIpc) is 2.04. The fraction of sp³-hybridized carbons (Fsp3) is 0.750. The van der Waals surface area contributed by atoms with Crippen LogP contribution in [0.25, 0.3) is 0 Å². The molecule has 0 N–H and O–H groups in total. The third-order valence-corrected chi connectivity index (χ3v) is 2.41. The zero-order valence-corrected chi connectivity index (χ0v) is 7.27. The van der Waals surface area contributed by atoms with Gasteiger partial charge in [0.25, 0.3) is 0 Å². The van der Waals surface area contributed by atoms with Gasteiger partial charge in [0.1, 0.15) is 5.78 Å².